The molecule has 4 N–H and O–H groups in total. The molecule has 46 heavy (non-hydrogen) atoms. The first-order chi connectivity index (χ1) is 21.7. The SMILES string of the molecule is Cc1csc(CN(C)C(=O)c2cc(N(C)C)cc(C(N)=O)c2[C@H](Cc2ccccc2)[C@@H](O)CNCc2cccc(C(F)(F)F)c2)n1. The van der Waals surface area contributed by atoms with Crippen molar-refractivity contribution in [2.24, 2.45) is 5.73 Å². The number of aliphatic hydroxyl groups is 1. The summed E-state index contributed by atoms with van der Waals surface area (Å²) < 4.78 is 39.7. The first-order valence-corrected chi connectivity index (χ1v) is 15.5. The molecule has 0 fully saturated rings. The molecule has 2 atom stereocenters. The first-order valence-electron chi connectivity index (χ1n) is 14.6. The quantitative estimate of drug-likeness (QED) is 0.179. The number of carbonyl (C=O) groups excluding carboxylic acids is 2. The van der Waals surface area contributed by atoms with Gasteiger partial charge in [0.25, 0.3) is 5.91 Å². The van der Waals surface area contributed by atoms with E-state index in [0.29, 0.717) is 16.8 Å². The Hall–Kier alpha value is -4.26. The minimum Gasteiger partial charge on any atom is -0.391 e. The highest BCUT2D eigenvalue weighted by molar-refractivity contribution is 7.09. The van der Waals surface area contributed by atoms with Gasteiger partial charge in [-0.05, 0) is 48.2 Å². The summed E-state index contributed by atoms with van der Waals surface area (Å²) in [6.45, 7) is 2.13. The van der Waals surface area contributed by atoms with Crippen LogP contribution in [0.5, 0.6) is 0 Å². The fourth-order valence-corrected chi connectivity index (χ4v) is 6.12. The molecule has 8 nitrogen and oxygen atoms in total. The molecule has 1 heterocycles. The van der Waals surface area contributed by atoms with Crippen LogP contribution in [0.3, 0.4) is 0 Å². The van der Waals surface area contributed by atoms with Crippen molar-refractivity contribution in [3.05, 3.63) is 116 Å². The van der Waals surface area contributed by atoms with Crippen LogP contribution in [0.2, 0.25) is 0 Å². The number of nitrogens with two attached hydrogens (primary N) is 1. The largest absolute Gasteiger partial charge is 0.416 e. The summed E-state index contributed by atoms with van der Waals surface area (Å²) in [5.74, 6) is -1.92. The fraction of sp³-hybridized carbons (Fsp3) is 0.324. The van der Waals surface area contributed by atoms with E-state index >= 15 is 0 Å². The highest BCUT2D eigenvalue weighted by atomic mass is 32.1. The van der Waals surface area contributed by atoms with Crippen LogP contribution in [-0.4, -0.2) is 60.6 Å². The number of alkyl halides is 3. The van der Waals surface area contributed by atoms with E-state index in [2.05, 4.69) is 10.3 Å². The third-order valence-corrected chi connectivity index (χ3v) is 8.58. The molecule has 244 valence electrons. The molecule has 0 aliphatic heterocycles. The summed E-state index contributed by atoms with van der Waals surface area (Å²) in [4.78, 5) is 34.9. The van der Waals surface area contributed by atoms with E-state index in [1.807, 2.05) is 42.6 Å². The molecule has 0 spiro atoms. The number of benzene rings is 3. The Bertz CT molecular complexity index is 1660. The minimum absolute atomic E-state index is 0.0385. The van der Waals surface area contributed by atoms with Crippen LogP contribution in [0.15, 0.2) is 72.1 Å². The van der Waals surface area contributed by atoms with Crippen LogP contribution < -0.4 is 16.0 Å². The third-order valence-electron chi connectivity index (χ3n) is 7.63. The van der Waals surface area contributed by atoms with Gasteiger partial charge in [-0.25, -0.2) is 4.98 Å². The van der Waals surface area contributed by atoms with Gasteiger partial charge < -0.3 is 26.0 Å². The van der Waals surface area contributed by atoms with Crippen molar-refractivity contribution in [1.29, 1.82) is 0 Å². The number of halogens is 3. The summed E-state index contributed by atoms with van der Waals surface area (Å²) in [7, 11) is 5.21. The topological polar surface area (TPSA) is 112 Å². The molecule has 4 rings (SSSR count). The van der Waals surface area contributed by atoms with Crippen molar-refractivity contribution in [3.63, 3.8) is 0 Å². The van der Waals surface area contributed by atoms with Crippen molar-refractivity contribution in [3.8, 4) is 0 Å². The Labute approximate surface area is 270 Å². The van der Waals surface area contributed by atoms with Crippen molar-refractivity contribution in [2.45, 2.75) is 44.6 Å². The minimum atomic E-state index is -4.48. The molecule has 0 saturated carbocycles. The number of nitrogens with one attached hydrogen (secondary N) is 1. The number of anilines is 1. The normalized spacial score (nSPS) is 12.9. The number of primary amides is 1. The van der Waals surface area contributed by atoms with Crippen LogP contribution in [0, 0.1) is 6.92 Å². The maximum absolute atomic E-state index is 14.2. The summed E-state index contributed by atoms with van der Waals surface area (Å²) in [5.41, 5.74) is 8.46. The number of amides is 2. The van der Waals surface area contributed by atoms with Crippen LogP contribution in [-0.2, 0) is 25.7 Å². The van der Waals surface area contributed by atoms with E-state index in [1.54, 1.807) is 44.2 Å². The van der Waals surface area contributed by atoms with Gasteiger partial charge in [-0.2, -0.15) is 13.2 Å². The molecule has 1 aromatic heterocycles. The molecule has 0 aliphatic carbocycles. The average Bonchev–Trinajstić information content (AvgIpc) is 3.43. The molecular formula is C34H38F3N5O3S. The highest BCUT2D eigenvalue weighted by Gasteiger charge is 2.33. The Morgan fingerprint density at radius 3 is 2.28 bits per heavy atom. The van der Waals surface area contributed by atoms with Crippen molar-refractivity contribution in [2.75, 3.05) is 32.6 Å². The molecule has 0 aliphatic rings. The number of aryl methyl sites for hydroxylation is 1. The molecule has 0 bridgehead atoms. The lowest BCUT2D eigenvalue weighted by atomic mass is 9.81. The maximum atomic E-state index is 14.2. The van der Waals surface area contributed by atoms with Crippen molar-refractivity contribution >= 4 is 28.8 Å². The zero-order valence-corrected chi connectivity index (χ0v) is 27.0. The standard InChI is InChI=1S/C34H38F3N5O3S/c1-21-20-46-30(40-21)19-42(4)33(45)28-16-25(41(2)3)15-27(32(38)44)31(28)26(14-22-9-6-5-7-10-22)29(43)18-39-17-23-11-8-12-24(13-23)34(35,36)37/h5-13,15-16,20,26,29,39,43H,14,17-19H2,1-4H3,(H2,38,44)/t26-,29+/m1/s1. The Kier molecular flexibility index (Phi) is 11.2. The second kappa shape index (κ2) is 14.9. The second-order valence-corrected chi connectivity index (χ2v) is 12.4. The van der Waals surface area contributed by atoms with Crippen LogP contribution in [0.25, 0.3) is 0 Å². The molecule has 3 aromatic carbocycles. The number of hydrogen-bond acceptors (Lipinski definition) is 7. The maximum Gasteiger partial charge on any atom is 0.416 e. The summed E-state index contributed by atoms with van der Waals surface area (Å²) in [6, 6.07) is 17.6. The lowest BCUT2D eigenvalue weighted by Gasteiger charge is -2.30. The second-order valence-electron chi connectivity index (χ2n) is 11.4. The van der Waals surface area contributed by atoms with E-state index in [1.165, 1.54) is 22.3 Å². The number of carbonyl (C=O) groups is 2. The lowest BCUT2D eigenvalue weighted by molar-refractivity contribution is -0.137. The van der Waals surface area contributed by atoms with E-state index in [0.717, 1.165) is 28.4 Å². The van der Waals surface area contributed by atoms with E-state index in [-0.39, 0.29) is 43.1 Å². The zero-order valence-electron chi connectivity index (χ0n) is 26.1. The van der Waals surface area contributed by atoms with Gasteiger partial charge >= 0.3 is 6.18 Å². The number of hydrogen-bond donors (Lipinski definition) is 3. The lowest BCUT2D eigenvalue weighted by Crippen LogP contribution is -2.36. The van der Waals surface area contributed by atoms with Crippen LogP contribution >= 0.6 is 11.3 Å². The summed E-state index contributed by atoms with van der Waals surface area (Å²) in [6.07, 6.45) is -5.38. The molecule has 2 amide bonds. The Morgan fingerprint density at radius 2 is 1.67 bits per heavy atom. The smallest absolute Gasteiger partial charge is 0.391 e. The Balaban J connectivity index is 1.74. The van der Waals surface area contributed by atoms with Gasteiger partial charge in [0.1, 0.15) is 5.01 Å². The van der Waals surface area contributed by atoms with Crippen molar-refractivity contribution < 1.29 is 27.9 Å². The van der Waals surface area contributed by atoms with Gasteiger partial charge in [0, 0.05) is 68.0 Å². The van der Waals surface area contributed by atoms with E-state index < -0.39 is 29.7 Å². The van der Waals surface area contributed by atoms with Gasteiger partial charge in [-0.15, -0.1) is 11.3 Å². The molecule has 0 unspecified atom stereocenters. The molecule has 0 radical (unpaired) electrons. The predicted molar refractivity (Wildman–Crippen MR) is 174 cm³/mol. The predicted octanol–water partition coefficient (Wildman–Crippen LogP) is 5.38. The number of aromatic nitrogens is 1. The zero-order chi connectivity index (χ0) is 33.6. The first kappa shape index (κ1) is 34.6. The molecule has 4 aromatic rings. The fourth-order valence-electron chi connectivity index (χ4n) is 5.29. The number of nitrogens with zero attached hydrogens (tertiary/aromatic N) is 3. The van der Waals surface area contributed by atoms with Gasteiger partial charge in [0.05, 0.1) is 18.2 Å². The van der Waals surface area contributed by atoms with Gasteiger partial charge in [0.15, 0.2) is 0 Å². The molecule has 12 heteroatoms. The van der Waals surface area contributed by atoms with E-state index in [4.69, 9.17) is 5.73 Å². The Morgan fingerprint density at radius 1 is 1.00 bits per heavy atom. The van der Waals surface area contributed by atoms with Crippen LogP contribution in [0.4, 0.5) is 18.9 Å². The van der Waals surface area contributed by atoms with Gasteiger partial charge in [0.2, 0.25) is 5.91 Å². The van der Waals surface area contributed by atoms with Gasteiger partial charge in [-0.3, -0.25) is 9.59 Å². The number of rotatable bonds is 13. The van der Waals surface area contributed by atoms with Crippen LogP contribution in [0.1, 0.15) is 59.6 Å². The monoisotopic (exact) mass is 653 g/mol. The summed E-state index contributed by atoms with van der Waals surface area (Å²) in [5, 5.41) is 17.4. The summed E-state index contributed by atoms with van der Waals surface area (Å²) >= 11 is 1.44. The third kappa shape index (κ3) is 8.71. The van der Waals surface area contributed by atoms with E-state index in [9.17, 15) is 27.9 Å². The molecule has 0 saturated heterocycles. The number of thiazole rings is 1. The molecular weight excluding hydrogens is 615 g/mol. The van der Waals surface area contributed by atoms with Crippen molar-refractivity contribution in [1.82, 2.24) is 15.2 Å². The average molecular weight is 654 g/mol. The highest BCUT2D eigenvalue weighted by Crippen LogP contribution is 2.35. The van der Waals surface area contributed by atoms with Gasteiger partial charge in [-0.1, -0.05) is 48.5 Å². The number of aliphatic hydroxyl groups excluding tert-OH is 1.